The van der Waals surface area contributed by atoms with Gasteiger partial charge in [-0.1, -0.05) is 26.7 Å². The molecule has 0 aromatic carbocycles. The molecule has 1 atom stereocenters. The topological polar surface area (TPSA) is 89.3 Å². The molecule has 0 heterocycles. The van der Waals surface area contributed by atoms with Gasteiger partial charge >= 0.3 is 0 Å². The lowest BCUT2D eigenvalue weighted by Crippen LogP contribution is -2.45. The van der Waals surface area contributed by atoms with Crippen LogP contribution in [0.3, 0.4) is 0 Å². The van der Waals surface area contributed by atoms with Crippen molar-refractivity contribution < 1.29 is 13.2 Å². The molecule has 21 heavy (non-hydrogen) atoms. The molecule has 1 fully saturated rings. The summed E-state index contributed by atoms with van der Waals surface area (Å²) in [5.74, 6) is 0.339. The lowest BCUT2D eigenvalue weighted by Gasteiger charge is -2.31. The molecule has 124 valence electrons. The number of nitrogens with two attached hydrogens (primary N) is 1. The number of sulfone groups is 1. The van der Waals surface area contributed by atoms with E-state index in [1.807, 2.05) is 0 Å². The summed E-state index contributed by atoms with van der Waals surface area (Å²) >= 11 is 0. The highest BCUT2D eigenvalue weighted by molar-refractivity contribution is 7.90. The maximum absolute atomic E-state index is 12.0. The zero-order chi connectivity index (χ0) is 16.1. The van der Waals surface area contributed by atoms with Crippen LogP contribution < -0.4 is 11.1 Å². The molecule has 0 bridgehead atoms. The number of rotatable bonds is 8. The Hall–Kier alpha value is -0.620. The van der Waals surface area contributed by atoms with Gasteiger partial charge < -0.3 is 11.1 Å². The Morgan fingerprint density at radius 3 is 2.33 bits per heavy atom. The Kier molecular flexibility index (Phi) is 6.66. The summed E-state index contributed by atoms with van der Waals surface area (Å²) in [4.78, 5) is 12.0. The molecule has 0 aliphatic heterocycles. The number of hydrogen-bond acceptors (Lipinski definition) is 4. The average molecular weight is 318 g/mol. The number of carbonyl (C=O) groups is 1. The molecular weight excluding hydrogens is 288 g/mol. The number of hydrogen-bond donors (Lipinski definition) is 2. The minimum Gasteiger partial charge on any atom is -0.354 e. The Labute approximate surface area is 129 Å². The molecular formula is C15H30N2O3S. The van der Waals surface area contributed by atoms with Crippen LogP contribution in [0.15, 0.2) is 0 Å². The lowest BCUT2D eigenvalue weighted by molar-refractivity contribution is -0.123. The molecule has 1 amide bonds. The Morgan fingerprint density at radius 1 is 1.29 bits per heavy atom. The van der Waals surface area contributed by atoms with Crippen molar-refractivity contribution >= 4 is 15.7 Å². The van der Waals surface area contributed by atoms with Crippen LogP contribution in [0.5, 0.6) is 0 Å². The summed E-state index contributed by atoms with van der Waals surface area (Å²) in [5, 5.41) is 2.95. The van der Waals surface area contributed by atoms with Gasteiger partial charge in [0.25, 0.3) is 0 Å². The van der Waals surface area contributed by atoms with Crippen LogP contribution in [0, 0.1) is 11.3 Å². The van der Waals surface area contributed by atoms with Gasteiger partial charge in [0.15, 0.2) is 0 Å². The van der Waals surface area contributed by atoms with Crippen LogP contribution >= 0.6 is 0 Å². The van der Waals surface area contributed by atoms with Gasteiger partial charge in [-0.2, -0.15) is 0 Å². The molecule has 1 rings (SSSR count). The van der Waals surface area contributed by atoms with Crippen LogP contribution in [0.2, 0.25) is 0 Å². The second kappa shape index (κ2) is 7.58. The van der Waals surface area contributed by atoms with Crippen LogP contribution in [0.4, 0.5) is 0 Å². The molecule has 0 radical (unpaired) electrons. The maximum Gasteiger partial charge on any atom is 0.236 e. The van der Waals surface area contributed by atoms with Gasteiger partial charge in [0.2, 0.25) is 5.91 Å². The van der Waals surface area contributed by atoms with E-state index in [0.717, 1.165) is 25.5 Å². The smallest absolute Gasteiger partial charge is 0.236 e. The summed E-state index contributed by atoms with van der Waals surface area (Å²) in [6.45, 7) is 5.08. The third kappa shape index (κ3) is 6.78. The van der Waals surface area contributed by atoms with Crippen molar-refractivity contribution in [2.45, 2.75) is 58.4 Å². The molecule has 6 heteroatoms. The van der Waals surface area contributed by atoms with Crippen molar-refractivity contribution in [3.8, 4) is 0 Å². The zero-order valence-electron chi connectivity index (χ0n) is 13.5. The highest BCUT2D eigenvalue weighted by Gasteiger charge is 2.35. The van der Waals surface area contributed by atoms with E-state index in [4.69, 9.17) is 5.73 Å². The maximum atomic E-state index is 12.0. The van der Waals surface area contributed by atoms with Gasteiger partial charge in [-0.15, -0.1) is 0 Å². The minimum absolute atomic E-state index is 0.0429. The summed E-state index contributed by atoms with van der Waals surface area (Å²) in [5.41, 5.74) is 5.99. The van der Waals surface area contributed by atoms with Crippen molar-refractivity contribution in [3.63, 3.8) is 0 Å². The molecule has 0 saturated heterocycles. The van der Waals surface area contributed by atoms with Crippen molar-refractivity contribution in [1.82, 2.24) is 5.32 Å². The first kappa shape index (κ1) is 18.4. The molecule has 0 aromatic rings. The van der Waals surface area contributed by atoms with Crippen LogP contribution in [0.25, 0.3) is 0 Å². The molecule has 3 N–H and O–H groups in total. The molecule has 1 aliphatic carbocycles. The first-order valence-corrected chi connectivity index (χ1v) is 9.91. The molecule has 1 aliphatic rings. The zero-order valence-corrected chi connectivity index (χ0v) is 14.3. The normalized spacial score (nSPS) is 19.7. The highest BCUT2D eigenvalue weighted by Crippen LogP contribution is 2.42. The van der Waals surface area contributed by atoms with Gasteiger partial charge in [-0.3, -0.25) is 4.79 Å². The molecule has 5 nitrogen and oxygen atoms in total. The Morgan fingerprint density at radius 2 is 1.86 bits per heavy atom. The third-order valence-electron chi connectivity index (χ3n) is 4.28. The molecule has 1 saturated carbocycles. The largest absolute Gasteiger partial charge is 0.354 e. The summed E-state index contributed by atoms with van der Waals surface area (Å²) in [7, 11) is -3.07. The van der Waals surface area contributed by atoms with E-state index in [1.165, 1.54) is 12.8 Å². The minimum atomic E-state index is -3.07. The van der Waals surface area contributed by atoms with Gasteiger partial charge in [-0.25, -0.2) is 8.42 Å². The van der Waals surface area contributed by atoms with E-state index in [9.17, 15) is 13.2 Å². The van der Waals surface area contributed by atoms with Gasteiger partial charge in [0, 0.05) is 12.8 Å². The number of nitrogens with one attached hydrogen (secondary N) is 1. The van der Waals surface area contributed by atoms with E-state index >= 15 is 0 Å². The Balaban J connectivity index is 2.46. The summed E-state index contributed by atoms with van der Waals surface area (Å²) in [6, 6.07) is -0.739. The summed E-state index contributed by atoms with van der Waals surface area (Å²) in [6.07, 6.45) is 7.22. The second-order valence-corrected chi connectivity index (χ2v) is 9.31. The molecule has 1 unspecified atom stereocenters. The monoisotopic (exact) mass is 318 g/mol. The van der Waals surface area contributed by atoms with Gasteiger partial charge in [0.05, 0.1) is 11.8 Å². The first-order valence-electron chi connectivity index (χ1n) is 7.85. The van der Waals surface area contributed by atoms with E-state index < -0.39 is 15.9 Å². The van der Waals surface area contributed by atoms with Crippen molar-refractivity contribution in [3.05, 3.63) is 0 Å². The molecule has 0 aromatic heterocycles. The number of amides is 1. The van der Waals surface area contributed by atoms with Crippen molar-refractivity contribution in [1.29, 1.82) is 0 Å². The van der Waals surface area contributed by atoms with Crippen LogP contribution in [0.1, 0.15) is 52.4 Å². The number of carbonyl (C=O) groups excluding carboxylic acids is 1. The Bertz CT molecular complexity index is 440. The average Bonchev–Trinajstić information content (AvgIpc) is 2.80. The summed E-state index contributed by atoms with van der Waals surface area (Å²) < 4.78 is 22.2. The SMILES string of the molecule is CC(C)CC1(CNC(=O)C(N)CCS(C)(=O)=O)CCCC1. The van der Waals surface area contributed by atoms with E-state index in [1.54, 1.807) is 0 Å². The lowest BCUT2D eigenvalue weighted by atomic mass is 9.78. The van der Waals surface area contributed by atoms with E-state index in [-0.39, 0.29) is 23.5 Å². The third-order valence-corrected chi connectivity index (χ3v) is 5.26. The fourth-order valence-electron chi connectivity index (χ4n) is 3.32. The van der Waals surface area contributed by atoms with E-state index in [0.29, 0.717) is 12.5 Å². The first-order chi connectivity index (χ1) is 9.64. The second-order valence-electron chi connectivity index (χ2n) is 7.05. The van der Waals surface area contributed by atoms with E-state index in [2.05, 4.69) is 19.2 Å². The van der Waals surface area contributed by atoms with Gasteiger partial charge in [0.1, 0.15) is 9.84 Å². The standard InChI is InChI=1S/C15H30N2O3S/c1-12(2)10-15(7-4-5-8-15)11-17-14(18)13(16)6-9-21(3,19)20/h12-13H,4-11,16H2,1-3H3,(H,17,18). The van der Waals surface area contributed by atoms with Crippen LogP contribution in [-0.4, -0.2) is 38.9 Å². The quantitative estimate of drug-likeness (QED) is 0.709. The van der Waals surface area contributed by atoms with Crippen LogP contribution in [-0.2, 0) is 14.6 Å². The van der Waals surface area contributed by atoms with Crippen molar-refractivity contribution in [2.24, 2.45) is 17.1 Å². The fourth-order valence-corrected chi connectivity index (χ4v) is 4.00. The fraction of sp³-hybridized carbons (Fsp3) is 0.933. The predicted octanol–water partition coefficient (Wildman–Crippen LogP) is 1.47. The van der Waals surface area contributed by atoms with Crippen molar-refractivity contribution in [2.75, 3.05) is 18.6 Å². The highest BCUT2D eigenvalue weighted by atomic mass is 32.2. The predicted molar refractivity (Wildman–Crippen MR) is 85.7 cm³/mol. The van der Waals surface area contributed by atoms with Gasteiger partial charge in [-0.05, 0) is 37.0 Å². The molecule has 0 spiro atoms.